The zero-order valence-electron chi connectivity index (χ0n) is 5.97. The molecule has 3 nitrogen and oxygen atoms in total. The molecule has 0 aromatic heterocycles. The summed E-state index contributed by atoms with van der Waals surface area (Å²) in [5.41, 5.74) is 3.11. The van der Waals surface area contributed by atoms with Gasteiger partial charge in [0.2, 0.25) is 5.91 Å². The summed E-state index contributed by atoms with van der Waals surface area (Å²) in [7, 11) is 0. The van der Waals surface area contributed by atoms with Crippen LogP contribution in [-0.4, -0.2) is 23.5 Å². The third kappa shape index (κ3) is 1.01. The summed E-state index contributed by atoms with van der Waals surface area (Å²) in [6.45, 7) is 0.974. The minimum Gasteiger partial charge on any atom is -0.275 e. The highest BCUT2D eigenvalue weighted by Crippen LogP contribution is 2.26. The third-order valence-electron chi connectivity index (χ3n) is 2.03. The normalized spacial score (nSPS) is 27.2. The van der Waals surface area contributed by atoms with Crippen LogP contribution in [0.5, 0.6) is 0 Å². The zero-order chi connectivity index (χ0) is 6.97. The second kappa shape index (κ2) is 2.23. The van der Waals surface area contributed by atoms with Crippen LogP contribution in [0.25, 0.3) is 0 Å². The van der Waals surface area contributed by atoms with E-state index in [1.165, 1.54) is 12.8 Å². The summed E-state index contributed by atoms with van der Waals surface area (Å²) in [5, 5.41) is 1.82. The lowest BCUT2D eigenvalue weighted by molar-refractivity contribution is -0.137. The molecule has 1 heterocycles. The maximum absolute atomic E-state index is 11.1. The molecule has 0 bridgehead atoms. The van der Waals surface area contributed by atoms with E-state index in [-0.39, 0.29) is 5.91 Å². The average Bonchev–Trinajstić information content (AvgIpc) is 2.71. The van der Waals surface area contributed by atoms with Gasteiger partial charge in [-0.25, -0.2) is 5.43 Å². The van der Waals surface area contributed by atoms with Crippen molar-refractivity contribution < 1.29 is 4.79 Å². The first-order valence-electron chi connectivity index (χ1n) is 3.93. The van der Waals surface area contributed by atoms with Gasteiger partial charge in [-0.1, -0.05) is 0 Å². The van der Waals surface area contributed by atoms with E-state index >= 15 is 0 Å². The van der Waals surface area contributed by atoms with E-state index < -0.39 is 0 Å². The number of hydrogen-bond acceptors (Lipinski definition) is 2. The molecule has 1 aliphatic carbocycles. The van der Waals surface area contributed by atoms with Crippen LogP contribution in [0, 0.1) is 0 Å². The van der Waals surface area contributed by atoms with Gasteiger partial charge in [0.15, 0.2) is 0 Å². The highest BCUT2D eigenvalue weighted by atomic mass is 16.2. The number of nitrogens with one attached hydrogen (secondary N) is 1. The summed E-state index contributed by atoms with van der Waals surface area (Å²) in [4.78, 5) is 11.1. The minimum atomic E-state index is 0.286. The molecule has 0 unspecified atom stereocenters. The minimum absolute atomic E-state index is 0.286. The van der Waals surface area contributed by atoms with Crippen LogP contribution in [0.1, 0.15) is 25.7 Å². The SMILES string of the molecule is O=C1CCCNN1C1CC1. The van der Waals surface area contributed by atoms with E-state index in [1.54, 1.807) is 0 Å². The van der Waals surface area contributed by atoms with Crippen molar-refractivity contribution in [3.05, 3.63) is 0 Å². The lowest BCUT2D eigenvalue weighted by Crippen LogP contribution is -2.48. The van der Waals surface area contributed by atoms with Crippen molar-refractivity contribution in [1.82, 2.24) is 10.4 Å². The van der Waals surface area contributed by atoms with Crippen LogP contribution in [0.2, 0.25) is 0 Å². The Morgan fingerprint density at radius 2 is 2.30 bits per heavy atom. The van der Waals surface area contributed by atoms with Gasteiger partial charge >= 0.3 is 0 Å². The molecule has 3 heteroatoms. The van der Waals surface area contributed by atoms with Crippen molar-refractivity contribution in [3.63, 3.8) is 0 Å². The summed E-state index contributed by atoms with van der Waals surface area (Å²) < 4.78 is 0. The second-order valence-electron chi connectivity index (χ2n) is 3.01. The number of hydrazine groups is 1. The van der Waals surface area contributed by atoms with E-state index in [0.29, 0.717) is 6.04 Å². The standard InChI is InChI=1S/C7H12N2O/c10-7-2-1-5-8-9(7)6-3-4-6/h6,8H,1-5H2. The van der Waals surface area contributed by atoms with Crippen LogP contribution in [-0.2, 0) is 4.79 Å². The smallest absolute Gasteiger partial charge is 0.236 e. The highest BCUT2D eigenvalue weighted by molar-refractivity contribution is 5.76. The van der Waals surface area contributed by atoms with Gasteiger partial charge in [-0.2, -0.15) is 0 Å². The summed E-state index contributed by atoms with van der Waals surface area (Å²) in [6.07, 6.45) is 4.13. The molecule has 0 aromatic rings. The third-order valence-corrected chi connectivity index (χ3v) is 2.03. The van der Waals surface area contributed by atoms with Crippen LogP contribution in [0.15, 0.2) is 0 Å². The van der Waals surface area contributed by atoms with Gasteiger partial charge in [-0.15, -0.1) is 0 Å². The van der Waals surface area contributed by atoms with Crippen molar-refractivity contribution in [2.45, 2.75) is 31.7 Å². The van der Waals surface area contributed by atoms with Crippen LogP contribution in [0.4, 0.5) is 0 Å². The van der Waals surface area contributed by atoms with Crippen molar-refractivity contribution in [3.8, 4) is 0 Å². The van der Waals surface area contributed by atoms with Crippen LogP contribution < -0.4 is 5.43 Å². The predicted octanol–water partition coefficient (Wildman–Crippen LogP) is 0.276. The first-order valence-corrected chi connectivity index (χ1v) is 3.93. The van der Waals surface area contributed by atoms with Crippen molar-refractivity contribution in [1.29, 1.82) is 0 Å². The summed E-state index contributed by atoms with van der Waals surface area (Å²) >= 11 is 0. The lowest BCUT2D eigenvalue weighted by atomic mass is 10.2. The van der Waals surface area contributed by atoms with Gasteiger partial charge in [0, 0.05) is 19.0 Å². The second-order valence-corrected chi connectivity index (χ2v) is 3.01. The highest BCUT2D eigenvalue weighted by Gasteiger charge is 2.33. The van der Waals surface area contributed by atoms with Crippen LogP contribution in [0.3, 0.4) is 0 Å². The Morgan fingerprint density at radius 1 is 1.50 bits per heavy atom. The van der Waals surface area contributed by atoms with Crippen molar-refractivity contribution in [2.75, 3.05) is 6.54 Å². The topological polar surface area (TPSA) is 32.3 Å². The van der Waals surface area contributed by atoms with Gasteiger partial charge in [-0.3, -0.25) is 9.80 Å². The fourth-order valence-corrected chi connectivity index (χ4v) is 1.31. The average molecular weight is 140 g/mol. The summed E-state index contributed by atoms with van der Waals surface area (Å²) in [5.74, 6) is 0.286. The maximum atomic E-state index is 11.1. The first-order chi connectivity index (χ1) is 4.88. The van der Waals surface area contributed by atoms with Crippen LogP contribution >= 0.6 is 0 Å². The number of hydrogen-bond donors (Lipinski definition) is 1. The fourth-order valence-electron chi connectivity index (χ4n) is 1.31. The van der Waals surface area contributed by atoms with Gasteiger partial charge in [0.05, 0.1) is 0 Å². The largest absolute Gasteiger partial charge is 0.275 e. The first kappa shape index (κ1) is 6.16. The molecule has 56 valence electrons. The number of nitrogens with zero attached hydrogens (tertiary/aromatic N) is 1. The van der Waals surface area contributed by atoms with E-state index in [0.717, 1.165) is 19.4 Å². The Morgan fingerprint density at radius 3 is 2.90 bits per heavy atom. The number of carbonyl (C=O) groups excluding carboxylic acids is 1. The van der Waals surface area contributed by atoms with Gasteiger partial charge in [0.25, 0.3) is 0 Å². The number of rotatable bonds is 1. The maximum Gasteiger partial charge on any atom is 0.236 e. The van der Waals surface area contributed by atoms with E-state index in [1.807, 2.05) is 5.01 Å². The molecule has 0 radical (unpaired) electrons. The van der Waals surface area contributed by atoms with E-state index in [2.05, 4.69) is 5.43 Å². The molecule has 10 heavy (non-hydrogen) atoms. The van der Waals surface area contributed by atoms with Gasteiger partial charge in [0.1, 0.15) is 0 Å². The Hall–Kier alpha value is -0.570. The molecule has 0 aromatic carbocycles. The van der Waals surface area contributed by atoms with Crippen molar-refractivity contribution in [2.24, 2.45) is 0 Å². The molecule has 0 atom stereocenters. The molecule has 1 amide bonds. The fraction of sp³-hybridized carbons (Fsp3) is 0.857. The number of carbonyl (C=O) groups is 1. The Bertz CT molecular complexity index is 154. The molecular formula is C7H12N2O. The molecule has 2 rings (SSSR count). The molecule has 0 spiro atoms. The van der Waals surface area contributed by atoms with E-state index in [9.17, 15) is 4.79 Å². The van der Waals surface area contributed by atoms with Gasteiger partial charge < -0.3 is 0 Å². The van der Waals surface area contributed by atoms with Gasteiger partial charge in [-0.05, 0) is 19.3 Å². The molecule has 2 fully saturated rings. The molecule has 1 N–H and O–H groups in total. The lowest BCUT2D eigenvalue weighted by Gasteiger charge is -2.27. The Kier molecular flexibility index (Phi) is 1.38. The summed E-state index contributed by atoms with van der Waals surface area (Å²) in [6, 6.07) is 0.535. The molecule has 2 aliphatic rings. The molecule has 1 saturated carbocycles. The quantitative estimate of drug-likeness (QED) is 0.567. The predicted molar refractivity (Wildman–Crippen MR) is 37.1 cm³/mol. The van der Waals surface area contributed by atoms with E-state index in [4.69, 9.17) is 0 Å². The molecule has 1 saturated heterocycles. The Labute approximate surface area is 60.4 Å². The molecular weight excluding hydrogens is 128 g/mol. The monoisotopic (exact) mass is 140 g/mol. The zero-order valence-corrected chi connectivity index (χ0v) is 5.97. The molecule has 1 aliphatic heterocycles. The Balaban J connectivity index is 1.96. The number of amides is 1. The van der Waals surface area contributed by atoms with Crippen molar-refractivity contribution >= 4 is 5.91 Å².